The van der Waals surface area contributed by atoms with Crippen molar-refractivity contribution in [1.29, 1.82) is 0 Å². The quantitative estimate of drug-likeness (QED) is 0.762. The van der Waals surface area contributed by atoms with E-state index >= 15 is 0 Å². The Bertz CT molecular complexity index is 1060. The molecule has 6 nitrogen and oxygen atoms in total. The third-order valence-corrected chi connectivity index (χ3v) is 5.12. The summed E-state index contributed by atoms with van der Waals surface area (Å²) in [6, 6.07) is 5.16. The number of hydrogen-bond donors (Lipinski definition) is 1. The Balaban J connectivity index is 1.88. The summed E-state index contributed by atoms with van der Waals surface area (Å²) in [6.45, 7) is 1.43. The monoisotopic (exact) mass is 373 g/mol. The second kappa shape index (κ2) is 6.77. The lowest BCUT2D eigenvalue weighted by molar-refractivity contribution is 0.506. The minimum Gasteiger partial charge on any atom is -0.368 e. The molecule has 3 aromatic rings. The molecule has 0 unspecified atom stereocenters. The summed E-state index contributed by atoms with van der Waals surface area (Å²) in [6.07, 6.45) is 3.58. The molecule has 0 bridgehead atoms. The molecule has 3 heterocycles. The van der Waals surface area contributed by atoms with Gasteiger partial charge in [-0.25, -0.2) is 18.6 Å². The average molecular weight is 373 g/mol. The highest BCUT2D eigenvalue weighted by molar-refractivity contribution is 5.87. The molecule has 1 saturated heterocycles. The molecule has 0 radical (unpaired) electrons. The molecule has 1 aliphatic heterocycles. The van der Waals surface area contributed by atoms with E-state index in [9.17, 15) is 13.6 Å². The molecule has 8 heteroatoms. The zero-order valence-electron chi connectivity index (χ0n) is 15.0. The maximum atomic E-state index is 14.2. The highest BCUT2D eigenvalue weighted by atomic mass is 19.1. The Morgan fingerprint density at radius 1 is 1.30 bits per heavy atom. The fraction of sp³-hybridized carbons (Fsp3) is 0.368. The molecular formula is C19H21F2N5O. The number of rotatable bonds is 3. The predicted octanol–water partition coefficient (Wildman–Crippen LogP) is 1.99. The van der Waals surface area contributed by atoms with Crippen molar-refractivity contribution >= 4 is 16.9 Å². The van der Waals surface area contributed by atoms with Crippen molar-refractivity contribution in [3.63, 3.8) is 0 Å². The standard InChI is InChI=1S/C19H21F2N5O/c1-24-18-17(16(6-7-23-18)25-8-2-3-14(22)11-25)26(19(24)27)10-12-9-13(20)4-5-15(12)21/h4-7,9,14H,2-3,8,10-11,22H2,1H3/t14-/m1/s1. The highest BCUT2D eigenvalue weighted by Crippen LogP contribution is 2.28. The van der Waals surface area contributed by atoms with Crippen LogP contribution in [0, 0.1) is 11.6 Å². The molecule has 1 fully saturated rings. The smallest absolute Gasteiger partial charge is 0.330 e. The number of hydrogen-bond acceptors (Lipinski definition) is 4. The summed E-state index contributed by atoms with van der Waals surface area (Å²) < 4.78 is 30.6. The molecule has 0 saturated carbocycles. The van der Waals surface area contributed by atoms with Gasteiger partial charge in [-0.2, -0.15) is 0 Å². The van der Waals surface area contributed by atoms with Crippen LogP contribution in [0.1, 0.15) is 18.4 Å². The summed E-state index contributed by atoms with van der Waals surface area (Å²) in [5.74, 6) is -1.09. The van der Waals surface area contributed by atoms with Gasteiger partial charge in [0.2, 0.25) is 0 Å². The van der Waals surface area contributed by atoms with Crippen molar-refractivity contribution in [3.05, 3.63) is 58.1 Å². The van der Waals surface area contributed by atoms with Gasteiger partial charge >= 0.3 is 5.69 Å². The molecule has 0 amide bonds. The van der Waals surface area contributed by atoms with Crippen molar-refractivity contribution in [2.75, 3.05) is 18.0 Å². The van der Waals surface area contributed by atoms with E-state index in [0.717, 1.165) is 43.3 Å². The zero-order valence-corrected chi connectivity index (χ0v) is 15.0. The second-order valence-corrected chi connectivity index (χ2v) is 7.01. The average Bonchev–Trinajstić information content (AvgIpc) is 2.90. The number of fused-ring (bicyclic) bond motifs is 1. The molecule has 27 heavy (non-hydrogen) atoms. The van der Waals surface area contributed by atoms with E-state index < -0.39 is 11.6 Å². The van der Waals surface area contributed by atoms with E-state index in [-0.39, 0.29) is 23.8 Å². The minimum atomic E-state index is -0.550. The molecule has 1 atom stereocenters. The van der Waals surface area contributed by atoms with Crippen LogP contribution in [0.5, 0.6) is 0 Å². The van der Waals surface area contributed by atoms with E-state index in [1.165, 1.54) is 9.13 Å². The number of nitrogens with zero attached hydrogens (tertiary/aromatic N) is 4. The fourth-order valence-corrected chi connectivity index (χ4v) is 3.77. The lowest BCUT2D eigenvalue weighted by atomic mass is 10.1. The van der Waals surface area contributed by atoms with Gasteiger partial charge < -0.3 is 10.6 Å². The first-order chi connectivity index (χ1) is 13.0. The van der Waals surface area contributed by atoms with Crippen molar-refractivity contribution in [2.45, 2.75) is 25.4 Å². The van der Waals surface area contributed by atoms with Gasteiger partial charge in [0.1, 0.15) is 17.2 Å². The Morgan fingerprint density at radius 2 is 2.11 bits per heavy atom. The van der Waals surface area contributed by atoms with Gasteiger partial charge in [0.25, 0.3) is 0 Å². The van der Waals surface area contributed by atoms with Crippen LogP contribution in [0.15, 0.2) is 35.3 Å². The van der Waals surface area contributed by atoms with Crippen LogP contribution in [0.4, 0.5) is 14.5 Å². The molecule has 2 aromatic heterocycles. The van der Waals surface area contributed by atoms with Crippen molar-refractivity contribution < 1.29 is 8.78 Å². The van der Waals surface area contributed by atoms with E-state index in [1.54, 1.807) is 13.2 Å². The van der Waals surface area contributed by atoms with E-state index in [0.29, 0.717) is 17.7 Å². The summed E-state index contributed by atoms with van der Waals surface area (Å²) in [5, 5.41) is 0. The normalized spacial score (nSPS) is 17.6. The number of imidazole rings is 1. The Hall–Kier alpha value is -2.74. The van der Waals surface area contributed by atoms with Crippen LogP contribution in [-0.2, 0) is 13.6 Å². The molecule has 4 rings (SSSR count). The van der Waals surface area contributed by atoms with Crippen molar-refractivity contribution in [2.24, 2.45) is 12.8 Å². The molecule has 0 aliphatic carbocycles. The minimum absolute atomic E-state index is 0.0616. The molecule has 2 N–H and O–H groups in total. The molecule has 1 aliphatic rings. The Morgan fingerprint density at radius 3 is 2.89 bits per heavy atom. The Kier molecular flexibility index (Phi) is 4.43. The SMILES string of the molecule is Cn1c(=O)n(Cc2cc(F)ccc2F)c2c(N3CCC[C@@H](N)C3)ccnc21. The summed E-state index contributed by atoms with van der Waals surface area (Å²) >= 11 is 0. The molecule has 0 spiro atoms. The second-order valence-electron chi connectivity index (χ2n) is 7.01. The molecule has 1 aromatic carbocycles. The predicted molar refractivity (Wildman–Crippen MR) is 99.9 cm³/mol. The van der Waals surface area contributed by atoms with Crippen LogP contribution in [-0.4, -0.2) is 33.2 Å². The number of benzene rings is 1. The third-order valence-electron chi connectivity index (χ3n) is 5.12. The van der Waals surface area contributed by atoms with Crippen LogP contribution in [0.2, 0.25) is 0 Å². The number of aryl methyl sites for hydroxylation is 1. The van der Waals surface area contributed by atoms with E-state index in [2.05, 4.69) is 9.88 Å². The van der Waals surface area contributed by atoms with Gasteiger partial charge in [-0.3, -0.25) is 9.13 Å². The summed E-state index contributed by atoms with van der Waals surface area (Å²) in [4.78, 5) is 19.3. The number of piperidine rings is 1. The number of nitrogens with two attached hydrogens (primary N) is 1. The van der Waals surface area contributed by atoms with Crippen LogP contribution in [0.3, 0.4) is 0 Å². The van der Waals surface area contributed by atoms with Gasteiger partial charge in [0.05, 0.1) is 12.2 Å². The first kappa shape index (κ1) is 17.7. The first-order valence-electron chi connectivity index (χ1n) is 8.94. The van der Waals surface area contributed by atoms with Gasteiger partial charge in [0.15, 0.2) is 5.65 Å². The first-order valence-corrected chi connectivity index (χ1v) is 8.94. The lowest BCUT2D eigenvalue weighted by Gasteiger charge is -2.33. The van der Waals surface area contributed by atoms with E-state index in [4.69, 9.17) is 5.73 Å². The number of pyridine rings is 1. The summed E-state index contributed by atoms with van der Waals surface area (Å²) in [5.41, 5.74) is 7.87. The summed E-state index contributed by atoms with van der Waals surface area (Å²) in [7, 11) is 1.63. The van der Waals surface area contributed by atoms with Gasteiger partial charge in [-0.05, 0) is 37.1 Å². The number of halogens is 2. The van der Waals surface area contributed by atoms with Crippen LogP contribution in [0.25, 0.3) is 11.2 Å². The zero-order chi connectivity index (χ0) is 19.1. The van der Waals surface area contributed by atoms with Crippen LogP contribution < -0.4 is 16.3 Å². The van der Waals surface area contributed by atoms with Crippen molar-refractivity contribution in [1.82, 2.24) is 14.1 Å². The van der Waals surface area contributed by atoms with Gasteiger partial charge in [0, 0.05) is 37.9 Å². The third kappa shape index (κ3) is 3.10. The fourth-order valence-electron chi connectivity index (χ4n) is 3.77. The highest BCUT2D eigenvalue weighted by Gasteiger charge is 2.23. The largest absolute Gasteiger partial charge is 0.368 e. The molecule has 142 valence electrons. The van der Waals surface area contributed by atoms with Gasteiger partial charge in [-0.15, -0.1) is 0 Å². The molecular weight excluding hydrogens is 352 g/mol. The number of anilines is 1. The number of aromatic nitrogens is 3. The van der Waals surface area contributed by atoms with Gasteiger partial charge in [-0.1, -0.05) is 0 Å². The van der Waals surface area contributed by atoms with Crippen molar-refractivity contribution in [3.8, 4) is 0 Å². The lowest BCUT2D eigenvalue weighted by Crippen LogP contribution is -2.43. The maximum Gasteiger partial charge on any atom is 0.330 e. The maximum absolute atomic E-state index is 14.2. The topological polar surface area (TPSA) is 69.1 Å². The van der Waals surface area contributed by atoms with E-state index in [1.807, 2.05) is 6.07 Å². The van der Waals surface area contributed by atoms with Crippen LogP contribution >= 0.6 is 0 Å². The Labute approximate surface area is 154 Å².